The molecule has 0 aliphatic heterocycles. The molecule has 1 aromatic carbocycles. The number of tetrazole rings is 1. The molecule has 0 saturated heterocycles. The van der Waals surface area contributed by atoms with Gasteiger partial charge in [-0.1, -0.05) is 0 Å². The maximum Gasteiger partial charge on any atom is 0.342 e. The molecule has 0 spiro atoms. The van der Waals surface area contributed by atoms with E-state index < -0.39 is 17.1 Å². The largest absolute Gasteiger partial charge is 0.489 e. The van der Waals surface area contributed by atoms with Crippen LogP contribution in [-0.2, 0) is 0 Å². The van der Waals surface area contributed by atoms with Gasteiger partial charge in [-0.2, -0.15) is 4.68 Å². The smallest absolute Gasteiger partial charge is 0.342 e. The van der Waals surface area contributed by atoms with Gasteiger partial charge >= 0.3 is 5.97 Å². The number of ether oxygens (including phenoxy) is 1. The van der Waals surface area contributed by atoms with E-state index in [1.165, 1.54) is 11.0 Å². The van der Waals surface area contributed by atoms with Crippen LogP contribution in [0.5, 0.6) is 5.75 Å². The minimum atomic E-state index is -1.34. The number of benzene rings is 1. The summed E-state index contributed by atoms with van der Waals surface area (Å²) in [5.74, 6) is -0.564. The third-order valence-electron chi connectivity index (χ3n) is 3.22. The Morgan fingerprint density at radius 2 is 2.16 bits per heavy atom. The molecule has 0 saturated carbocycles. The monoisotopic (exact) mass is 342 g/mol. The van der Waals surface area contributed by atoms with Crippen LogP contribution in [0.4, 0.5) is 0 Å². The summed E-state index contributed by atoms with van der Waals surface area (Å²) in [5, 5.41) is 20.0. The summed E-state index contributed by atoms with van der Waals surface area (Å²) in [6, 6.07) is 5.09. The Hall–Kier alpha value is -3.56. The standard InChI is InChI=1S/C15H14N6O4/c1-8(2)25-12-4-3-9(5-11(12)21-7-17-19-20-21)13-16-6-10(15(23)24)14(22)18-13/h3-8H,1-2H3,(H,23,24)(H,16,18,22). The molecule has 0 atom stereocenters. The summed E-state index contributed by atoms with van der Waals surface area (Å²) >= 11 is 0. The van der Waals surface area contributed by atoms with Crippen LogP contribution in [0.1, 0.15) is 24.2 Å². The highest BCUT2D eigenvalue weighted by atomic mass is 16.5. The Bertz CT molecular complexity index is 964. The number of aromatic carboxylic acids is 1. The average molecular weight is 342 g/mol. The number of nitrogens with zero attached hydrogens (tertiary/aromatic N) is 5. The van der Waals surface area contributed by atoms with E-state index in [9.17, 15) is 9.59 Å². The summed E-state index contributed by atoms with van der Waals surface area (Å²) in [6.07, 6.45) is 2.37. The van der Waals surface area contributed by atoms with Crippen LogP contribution in [-0.4, -0.2) is 47.4 Å². The van der Waals surface area contributed by atoms with Crippen molar-refractivity contribution in [3.05, 3.63) is 46.6 Å². The number of aromatic nitrogens is 6. The van der Waals surface area contributed by atoms with Crippen molar-refractivity contribution in [3.63, 3.8) is 0 Å². The van der Waals surface area contributed by atoms with Crippen molar-refractivity contribution in [3.8, 4) is 22.8 Å². The highest BCUT2D eigenvalue weighted by molar-refractivity contribution is 5.86. The first-order chi connectivity index (χ1) is 12.0. The number of carboxylic acid groups (broad SMARTS) is 1. The van der Waals surface area contributed by atoms with Gasteiger partial charge in [-0.15, -0.1) is 5.10 Å². The summed E-state index contributed by atoms with van der Waals surface area (Å²) in [5.41, 5.74) is -0.0509. The Morgan fingerprint density at radius 1 is 1.36 bits per heavy atom. The number of carboxylic acids is 1. The molecule has 2 heterocycles. The number of H-pyrrole nitrogens is 1. The molecule has 0 fully saturated rings. The van der Waals surface area contributed by atoms with Gasteiger partial charge in [-0.25, -0.2) is 9.78 Å². The molecule has 0 radical (unpaired) electrons. The van der Waals surface area contributed by atoms with Crippen LogP contribution in [0.15, 0.2) is 35.5 Å². The predicted octanol–water partition coefficient (Wildman–Crippen LogP) is 0.898. The van der Waals surface area contributed by atoms with Crippen LogP contribution in [0, 0.1) is 0 Å². The minimum Gasteiger partial charge on any atom is -0.489 e. The number of rotatable bonds is 5. The number of hydrogen-bond donors (Lipinski definition) is 2. The molecule has 0 aliphatic carbocycles. The molecular weight excluding hydrogens is 328 g/mol. The van der Waals surface area contributed by atoms with Gasteiger partial charge in [0.2, 0.25) is 0 Å². The normalized spacial score (nSPS) is 10.8. The first-order valence-corrected chi connectivity index (χ1v) is 7.32. The lowest BCUT2D eigenvalue weighted by atomic mass is 10.1. The molecule has 0 amide bonds. The van der Waals surface area contributed by atoms with Crippen molar-refractivity contribution in [1.29, 1.82) is 0 Å². The molecule has 0 bridgehead atoms. The van der Waals surface area contributed by atoms with E-state index in [0.717, 1.165) is 6.20 Å². The Morgan fingerprint density at radius 3 is 2.76 bits per heavy atom. The van der Waals surface area contributed by atoms with Gasteiger partial charge in [0.25, 0.3) is 5.56 Å². The van der Waals surface area contributed by atoms with Crippen LogP contribution in [0.3, 0.4) is 0 Å². The maximum atomic E-state index is 11.8. The zero-order chi connectivity index (χ0) is 18.0. The quantitative estimate of drug-likeness (QED) is 0.698. The zero-order valence-electron chi connectivity index (χ0n) is 13.4. The fraction of sp³-hybridized carbons (Fsp3) is 0.200. The predicted molar refractivity (Wildman–Crippen MR) is 85.7 cm³/mol. The molecule has 0 aliphatic rings. The van der Waals surface area contributed by atoms with Gasteiger partial charge in [0, 0.05) is 11.8 Å². The third kappa shape index (κ3) is 3.37. The Kier molecular flexibility index (Phi) is 4.25. The van der Waals surface area contributed by atoms with Crippen molar-refractivity contribution in [2.24, 2.45) is 0 Å². The third-order valence-corrected chi connectivity index (χ3v) is 3.22. The van der Waals surface area contributed by atoms with E-state index in [4.69, 9.17) is 9.84 Å². The second-order valence-corrected chi connectivity index (χ2v) is 5.38. The Labute approximate surface area is 141 Å². The number of aromatic amines is 1. The molecule has 3 rings (SSSR count). The van der Waals surface area contributed by atoms with Crippen molar-refractivity contribution >= 4 is 5.97 Å². The van der Waals surface area contributed by atoms with Crippen LogP contribution < -0.4 is 10.3 Å². The lowest BCUT2D eigenvalue weighted by Crippen LogP contribution is -2.18. The lowest BCUT2D eigenvalue weighted by Gasteiger charge is -2.14. The van der Waals surface area contributed by atoms with Crippen LogP contribution in [0.25, 0.3) is 17.1 Å². The molecule has 3 aromatic rings. The highest BCUT2D eigenvalue weighted by Gasteiger charge is 2.14. The van der Waals surface area contributed by atoms with Gasteiger partial charge in [0.05, 0.1) is 6.10 Å². The summed E-state index contributed by atoms with van der Waals surface area (Å²) in [6.45, 7) is 3.78. The minimum absolute atomic E-state index is 0.0612. The molecule has 2 N–H and O–H groups in total. The van der Waals surface area contributed by atoms with Gasteiger partial charge in [0.1, 0.15) is 29.2 Å². The van der Waals surface area contributed by atoms with Crippen LogP contribution >= 0.6 is 0 Å². The van der Waals surface area contributed by atoms with Gasteiger partial charge in [-0.05, 0) is 42.5 Å². The number of hydrogen-bond acceptors (Lipinski definition) is 7. The van der Waals surface area contributed by atoms with E-state index >= 15 is 0 Å². The van der Waals surface area contributed by atoms with E-state index in [2.05, 4.69) is 25.5 Å². The van der Waals surface area contributed by atoms with E-state index in [0.29, 0.717) is 17.0 Å². The van der Waals surface area contributed by atoms with Gasteiger partial charge in [0.15, 0.2) is 0 Å². The molecule has 2 aromatic heterocycles. The molecule has 10 heteroatoms. The molecule has 0 unspecified atom stereocenters. The van der Waals surface area contributed by atoms with Crippen molar-refractivity contribution in [2.75, 3.05) is 0 Å². The zero-order valence-corrected chi connectivity index (χ0v) is 13.4. The van der Waals surface area contributed by atoms with E-state index in [-0.39, 0.29) is 11.9 Å². The lowest BCUT2D eigenvalue weighted by molar-refractivity contribution is 0.0694. The maximum absolute atomic E-state index is 11.8. The number of nitrogens with one attached hydrogen (secondary N) is 1. The van der Waals surface area contributed by atoms with Crippen molar-refractivity contribution in [2.45, 2.75) is 20.0 Å². The van der Waals surface area contributed by atoms with Gasteiger partial charge in [-0.3, -0.25) is 4.79 Å². The first kappa shape index (κ1) is 16.3. The number of carbonyl (C=O) groups is 1. The van der Waals surface area contributed by atoms with E-state index in [1.54, 1.807) is 18.2 Å². The van der Waals surface area contributed by atoms with Gasteiger partial charge < -0.3 is 14.8 Å². The molecule has 128 valence electrons. The summed E-state index contributed by atoms with van der Waals surface area (Å²) in [4.78, 5) is 29.2. The van der Waals surface area contributed by atoms with E-state index in [1.807, 2.05) is 13.8 Å². The van der Waals surface area contributed by atoms with Crippen LogP contribution in [0.2, 0.25) is 0 Å². The summed E-state index contributed by atoms with van der Waals surface area (Å²) in [7, 11) is 0. The molecular formula is C15H14N6O4. The second kappa shape index (κ2) is 6.51. The van der Waals surface area contributed by atoms with Crippen molar-refractivity contribution < 1.29 is 14.6 Å². The fourth-order valence-corrected chi connectivity index (χ4v) is 2.16. The van der Waals surface area contributed by atoms with Crippen molar-refractivity contribution in [1.82, 2.24) is 30.2 Å². The second-order valence-electron chi connectivity index (χ2n) is 5.38. The molecule has 10 nitrogen and oxygen atoms in total. The average Bonchev–Trinajstić information content (AvgIpc) is 3.08. The SMILES string of the molecule is CC(C)Oc1ccc(-c2ncc(C(=O)O)c(=O)[nH]2)cc1-n1cnnn1. The highest BCUT2D eigenvalue weighted by Crippen LogP contribution is 2.28. The first-order valence-electron chi connectivity index (χ1n) is 7.32. The topological polar surface area (TPSA) is 136 Å². The Balaban J connectivity index is 2.09. The summed E-state index contributed by atoms with van der Waals surface area (Å²) < 4.78 is 7.17. The molecule has 25 heavy (non-hydrogen) atoms. The fourth-order valence-electron chi connectivity index (χ4n) is 2.16.